The van der Waals surface area contributed by atoms with Gasteiger partial charge in [0.2, 0.25) is 0 Å². The summed E-state index contributed by atoms with van der Waals surface area (Å²) in [5, 5.41) is 6.97. The third-order valence-electron chi connectivity index (χ3n) is 2.27. The second-order valence-electron chi connectivity index (χ2n) is 3.53. The average Bonchev–Trinajstić information content (AvgIpc) is 2.98. The highest BCUT2D eigenvalue weighted by atomic mass is 32.1. The molecule has 0 spiro atoms. The number of aromatic nitrogens is 2. The maximum atomic E-state index is 11.4. The molecule has 0 fully saturated rings. The van der Waals surface area contributed by atoms with Gasteiger partial charge in [0.25, 0.3) is 0 Å². The number of hydrogen-bond donors (Lipinski definition) is 1. The van der Waals surface area contributed by atoms with Gasteiger partial charge in [-0.1, -0.05) is 11.3 Å². The van der Waals surface area contributed by atoms with Crippen molar-refractivity contribution in [3.63, 3.8) is 0 Å². The van der Waals surface area contributed by atoms with Crippen LogP contribution in [0.4, 0.5) is 5.13 Å². The Labute approximate surface area is 113 Å². The summed E-state index contributed by atoms with van der Waals surface area (Å²) in [6.45, 7) is 2.55. The van der Waals surface area contributed by atoms with Crippen molar-refractivity contribution in [2.75, 3.05) is 19.0 Å². The molecule has 0 saturated carbocycles. The smallest absolute Gasteiger partial charge is 0.350 e. The minimum atomic E-state index is -0.335. The lowest BCUT2D eigenvalue weighted by Gasteiger charge is -1.99. The molecule has 7 heteroatoms. The Hall–Kier alpha value is -1.47. The molecule has 0 aliphatic carbocycles. The lowest BCUT2D eigenvalue weighted by Crippen LogP contribution is -2.04. The second-order valence-corrected chi connectivity index (χ2v) is 5.51. The molecule has 0 unspecified atom stereocenters. The molecule has 2 heterocycles. The summed E-state index contributed by atoms with van der Waals surface area (Å²) in [7, 11) is 1.37. The Bertz CT molecular complexity index is 522. The van der Waals surface area contributed by atoms with Crippen LogP contribution in [0, 0.1) is 6.92 Å². The van der Waals surface area contributed by atoms with E-state index in [0.29, 0.717) is 10.6 Å². The first-order valence-electron chi connectivity index (χ1n) is 5.38. The number of ether oxygens (including phenoxy) is 1. The zero-order valence-corrected chi connectivity index (χ0v) is 11.7. The molecular weight excluding hydrogens is 270 g/mol. The van der Waals surface area contributed by atoms with Crippen molar-refractivity contribution < 1.29 is 9.53 Å². The van der Waals surface area contributed by atoms with Gasteiger partial charge in [-0.3, -0.25) is 0 Å². The molecule has 0 amide bonds. The van der Waals surface area contributed by atoms with Gasteiger partial charge >= 0.3 is 5.97 Å². The van der Waals surface area contributed by atoms with Gasteiger partial charge in [-0.25, -0.2) is 14.8 Å². The van der Waals surface area contributed by atoms with Crippen LogP contribution >= 0.6 is 22.7 Å². The summed E-state index contributed by atoms with van der Waals surface area (Å²) in [6, 6.07) is 0. The van der Waals surface area contributed by atoms with E-state index >= 15 is 0 Å². The lowest BCUT2D eigenvalue weighted by molar-refractivity contribution is 0.0605. The number of nitrogens with zero attached hydrogens (tertiary/aromatic N) is 2. The number of esters is 1. The van der Waals surface area contributed by atoms with E-state index in [0.717, 1.165) is 23.1 Å². The number of hydrogen-bond acceptors (Lipinski definition) is 7. The summed E-state index contributed by atoms with van der Waals surface area (Å²) in [6.07, 6.45) is 2.65. The van der Waals surface area contributed by atoms with Crippen molar-refractivity contribution in [1.29, 1.82) is 0 Å². The van der Waals surface area contributed by atoms with Gasteiger partial charge in [0.05, 0.1) is 17.8 Å². The average molecular weight is 283 g/mol. The minimum Gasteiger partial charge on any atom is -0.465 e. The summed E-state index contributed by atoms with van der Waals surface area (Å²) >= 11 is 2.95. The molecule has 2 aromatic rings. The molecule has 18 heavy (non-hydrogen) atoms. The maximum Gasteiger partial charge on any atom is 0.350 e. The second kappa shape index (κ2) is 5.92. The molecule has 5 nitrogen and oxygen atoms in total. The molecule has 2 aromatic heterocycles. The van der Waals surface area contributed by atoms with E-state index in [1.165, 1.54) is 18.4 Å². The molecule has 0 atom stereocenters. The lowest BCUT2D eigenvalue weighted by atomic mass is 10.4. The van der Waals surface area contributed by atoms with Crippen molar-refractivity contribution >= 4 is 33.8 Å². The maximum absolute atomic E-state index is 11.4. The summed E-state index contributed by atoms with van der Waals surface area (Å²) in [5.74, 6) is -0.335. The van der Waals surface area contributed by atoms with E-state index < -0.39 is 0 Å². The zero-order valence-electron chi connectivity index (χ0n) is 10.1. The van der Waals surface area contributed by atoms with Crippen molar-refractivity contribution in [1.82, 2.24) is 9.97 Å². The first-order chi connectivity index (χ1) is 8.70. The van der Waals surface area contributed by atoms with Crippen LogP contribution in [-0.4, -0.2) is 29.6 Å². The highest BCUT2D eigenvalue weighted by molar-refractivity contribution is 7.17. The highest BCUT2D eigenvalue weighted by Gasteiger charge is 2.15. The molecule has 1 N–H and O–H groups in total. The molecular formula is C11H13N3O2S2. The van der Waals surface area contributed by atoms with Crippen LogP contribution in [0.1, 0.15) is 20.4 Å². The van der Waals surface area contributed by atoms with E-state index in [9.17, 15) is 4.79 Å². The van der Waals surface area contributed by atoms with E-state index in [1.54, 1.807) is 24.5 Å². The van der Waals surface area contributed by atoms with Gasteiger partial charge < -0.3 is 10.1 Å². The van der Waals surface area contributed by atoms with Crippen molar-refractivity contribution in [3.8, 4) is 0 Å². The van der Waals surface area contributed by atoms with E-state index in [1.807, 2.05) is 5.38 Å². The fourth-order valence-electron chi connectivity index (χ4n) is 1.41. The predicted molar refractivity (Wildman–Crippen MR) is 72.5 cm³/mol. The molecule has 0 aliphatic rings. The highest BCUT2D eigenvalue weighted by Crippen LogP contribution is 2.23. The molecule has 0 aromatic carbocycles. The van der Waals surface area contributed by atoms with Gasteiger partial charge in [-0.15, -0.1) is 11.3 Å². The Morgan fingerprint density at radius 1 is 1.56 bits per heavy atom. The first kappa shape index (κ1) is 13.0. The van der Waals surface area contributed by atoms with Gasteiger partial charge in [0, 0.05) is 24.5 Å². The first-order valence-corrected chi connectivity index (χ1v) is 7.08. The number of anilines is 1. The summed E-state index contributed by atoms with van der Waals surface area (Å²) in [4.78, 5) is 20.5. The Balaban J connectivity index is 1.92. The van der Waals surface area contributed by atoms with Crippen molar-refractivity contribution in [2.45, 2.75) is 13.3 Å². The van der Waals surface area contributed by atoms with E-state index in [2.05, 4.69) is 20.0 Å². The number of carbonyl (C=O) groups excluding carboxylic acids is 1. The fraction of sp³-hybridized carbons (Fsp3) is 0.364. The molecule has 0 saturated heterocycles. The number of thiazole rings is 2. The van der Waals surface area contributed by atoms with Gasteiger partial charge in [-0.05, 0) is 6.92 Å². The monoisotopic (exact) mass is 283 g/mol. The third-order valence-corrected chi connectivity index (χ3v) is 4.20. The minimum absolute atomic E-state index is 0.335. The van der Waals surface area contributed by atoms with Crippen molar-refractivity contribution in [2.24, 2.45) is 0 Å². The Morgan fingerprint density at radius 2 is 2.39 bits per heavy atom. The Kier molecular flexibility index (Phi) is 4.27. The quantitative estimate of drug-likeness (QED) is 0.853. The molecule has 2 rings (SSSR count). The topological polar surface area (TPSA) is 64.1 Å². The zero-order chi connectivity index (χ0) is 13.0. The van der Waals surface area contributed by atoms with Gasteiger partial charge in [0.15, 0.2) is 5.13 Å². The third kappa shape index (κ3) is 3.05. The molecule has 0 aliphatic heterocycles. The van der Waals surface area contributed by atoms with Crippen LogP contribution in [0.5, 0.6) is 0 Å². The summed E-state index contributed by atoms with van der Waals surface area (Å²) in [5.41, 5.74) is 0.698. The number of carbonyl (C=O) groups is 1. The Morgan fingerprint density at radius 3 is 3.06 bits per heavy atom. The molecule has 0 radical (unpaired) electrons. The van der Waals surface area contributed by atoms with E-state index in [4.69, 9.17) is 0 Å². The van der Waals surface area contributed by atoms with Crippen molar-refractivity contribution in [3.05, 3.63) is 27.2 Å². The van der Waals surface area contributed by atoms with Gasteiger partial charge in [-0.2, -0.15) is 0 Å². The van der Waals surface area contributed by atoms with Crippen LogP contribution in [0.3, 0.4) is 0 Å². The van der Waals surface area contributed by atoms with Crippen LogP contribution in [0.15, 0.2) is 11.6 Å². The number of aryl methyl sites for hydroxylation is 1. The molecule has 96 valence electrons. The van der Waals surface area contributed by atoms with Crippen LogP contribution in [0.25, 0.3) is 0 Å². The number of rotatable bonds is 5. The number of methoxy groups -OCH3 is 1. The van der Waals surface area contributed by atoms with E-state index in [-0.39, 0.29) is 5.97 Å². The SMILES string of the molecule is COC(=O)c1sc(NCCc2nccs2)nc1C. The normalized spacial score (nSPS) is 10.3. The standard InChI is InChI=1S/C11H13N3O2S2/c1-7-9(10(15)16-2)18-11(14-7)13-4-3-8-12-5-6-17-8/h5-6H,3-4H2,1-2H3,(H,13,14). The summed E-state index contributed by atoms with van der Waals surface area (Å²) < 4.78 is 4.69. The number of nitrogens with one attached hydrogen (secondary N) is 1. The van der Waals surface area contributed by atoms with Crippen LogP contribution in [-0.2, 0) is 11.2 Å². The molecule has 0 bridgehead atoms. The van der Waals surface area contributed by atoms with Crippen LogP contribution in [0.2, 0.25) is 0 Å². The fourth-order valence-corrected chi connectivity index (χ4v) is 2.94. The largest absolute Gasteiger partial charge is 0.465 e. The predicted octanol–water partition coefficient (Wildman–Crippen LogP) is 2.35. The van der Waals surface area contributed by atoms with Gasteiger partial charge in [0.1, 0.15) is 4.88 Å². The van der Waals surface area contributed by atoms with Crippen LogP contribution < -0.4 is 5.32 Å².